The van der Waals surface area contributed by atoms with E-state index in [1.165, 1.54) is 0 Å². The molecule has 7 nitrogen and oxygen atoms in total. The fraction of sp³-hybridized carbons (Fsp3) is 0. The first-order valence-corrected chi connectivity index (χ1v) is 0.651. The van der Waals surface area contributed by atoms with Crippen LogP contribution in [0.15, 0.2) is 0 Å². The van der Waals surface area contributed by atoms with E-state index in [0.717, 1.165) is 0 Å². The summed E-state index contributed by atoms with van der Waals surface area (Å²) >= 11 is 0. The van der Waals surface area contributed by atoms with Gasteiger partial charge in [-0.2, -0.15) is 0 Å². The molecule has 0 rings (SSSR count). The third-order valence-corrected chi connectivity index (χ3v) is 0. The van der Waals surface area contributed by atoms with Crippen LogP contribution in [0, 0.1) is 0 Å². The SMILES string of the molecule is N.N.N.O.O=C(O)O. The highest BCUT2D eigenvalue weighted by Crippen LogP contribution is 1.42. The second-order valence-electron chi connectivity index (χ2n) is 0.283. The molecule has 0 aromatic rings. The molecule has 7 heteroatoms. The average Bonchev–Trinajstić information content (AvgIpc) is 0.811. The largest absolute Gasteiger partial charge is 0.503 e. The Morgan fingerprint density at radius 1 is 1.00 bits per heavy atom. The Morgan fingerprint density at radius 3 is 1.00 bits per heavy atom. The monoisotopic (exact) mass is 131 g/mol. The highest BCUT2D eigenvalue weighted by molar-refractivity contribution is 5.53. The molecule has 0 spiro atoms. The molecule has 0 aliphatic rings. The average molecular weight is 131 g/mol. The predicted molar refractivity (Wildman–Crippen MR) is 29.3 cm³/mol. The first kappa shape index (κ1) is 59.6. The number of hydrogen-bond acceptors (Lipinski definition) is 4. The van der Waals surface area contributed by atoms with Crippen molar-refractivity contribution < 1.29 is 20.5 Å². The number of rotatable bonds is 0. The van der Waals surface area contributed by atoms with Gasteiger partial charge in [0.25, 0.3) is 0 Å². The van der Waals surface area contributed by atoms with Crippen molar-refractivity contribution in [2.75, 3.05) is 0 Å². The van der Waals surface area contributed by atoms with Gasteiger partial charge in [0.15, 0.2) is 0 Å². The zero-order valence-electron chi connectivity index (χ0n) is 4.42. The molecule has 0 bridgehead atoms. The van der Waals surface area contributed by atoms with Gasteiger partial charge in [-0.1, -0.05) is 0 Å². The normalized spacial score (nSPS) is 3.00. The molecule has 0 atom stereocenters. The molecule has 0 radical (unpaired) electrons. The summed E-state index contributed by atoms with van der Waals surface area (Å²) in [7, 11) is 0. The molecule has 0 aliphatic heterocycles. The van der Waals surface area contributed by atoms with Gasteiger partial charge < -0.3 is 34.1 Å². The standard InChI is InChI=1S/CH2O3.3H3N.H2O/c2-1(3)4;;;;/h(H2,2,3,4);3*1H3;1H2. The summed E-state index contributed by atoms with van der Waals surface area (Å²) in [4.78, 5) is 8.56. The Morgan fingerprint density at radius 2 is 1.00 bits per heavy atom. The second-order valence-corrected chi connectivity index (χ2v) is 0.283. The second kappa shape index (κ2) is 35.8. The molecule has 0 aromatic heterocycles. The lowest BCUT2D eigenvalue weighted by molar-refractivity contribution is 0.137. The lowest BCUT2D eigenvalue weighted by atomic mass is 11.5. The van der Waals surface area contributed by atoms with E-state index in [1.54, 1.807) is 0 Å². The number of hydrogen-bond donors (Lipinski definition) is 5. The van der Waals surface area contributed by atoms with E-state index in [1.807, 2.05) is 0 Å². The Bertz CT molecular complexity index is 34.3. The van der Waals surface area contributed by atoms with Crippen LogP contribution in [-0.2, 0) is 0 Å². The zero-order chi connectivity index (χ0) is 3.58. The van der Waals surface area contributed by atoms with Gasteiger partial charge >= 0.3 is 6.16 Å². The Hall–Kier alpha value is -0.890. The van der Waals surface area contributed by atoms with Crippen molar-refractivity contribution in [3.8, 4) is 0 Å². The minimum Gasteiger partial charge on any atom is -0.450 e. The van der Waals surface area contributed by atoms with Gasteiger partial charge in [-0.15, -0.1) is 0 Å². The van der Waals surface area contributed by atoms with E-state index in [2.05, 4.69) is 0 Å². The number of carbonyl (C=O) groups is 1. The Kier molecular flexibility index (Phi) is 267. The molecule has 0 heterocycles. The molecule has 0 amide bonds. The molecular weight excluding hydrogens is 118 g/mol. The fourth-order valence-electron chi connectivity index (χ4n) is 0. The minimum atomic E-state index is -1.83. The minimum absolute atomic E-state index is 0. The van der Waals surface area contributed by atoms with Crippen molar-refractivity contribution in [1.82, 2.24) is 18.5 Å². The molecule has 0 aromatic carbocycles. The van der Waals surface area contributed by atoms with Gasteiger partial charge in [0.05, 0.1) is 0 Å². The highest BCUT2D eigenvalue weighted by Gasteiger charge is 1.70. The summed E-state index contributed by atoms with van der Waals surface area (Å²) in [5.74, 6) is 0. The van der Waals surface area contributed by atoms with Crippen LogP contribution in [0.1, 0.15) is 0 Å². The summed E-state index contributed by atoms with van der Waals surface area (Å²) in [5, 5.41) is 13.9. The van der Waals surface area contributed by atoms with Gasteiger partial charge in [0.1, 0.15) is 0 Å². The van der Waals surface area contributed by atoms with E-state index in [0.29, 0.717) is 0 Å². The molecule has 13 N–H and O–H groups in total. The quantitative estimate of drug-likeness (QED) is 0.303. The predicted octanol–water partition coefficient (Wildman–Crippen LogP) is -0.116. The summed E-state index contributed by atoms with van der Waals surface area (Å²) in [6, 6.07) is 0. The van der Waals surface area contributed by atoms with Crippen molar-refractivity contribution in [3.63, 3.8) is 0 Å². The summed E-state index contributed by atoms with van der Waals surface area (Å²) < 4.78 is 0. The van der Waals surface area contributed by atoms with Crippen LogP contribution in [0.5, 0.6) is 0 Å². The van der Waals surface area contributed by atoms with Crippen LogP contribution < -0.4 is 18.5 Å². The van der Waals surface area contributed by atoms with Gasteiger partial charge in [-0.25, -0.2) is 4.79 Å². The summed E-state index contributed by atoms with van der Waals surface area (Å²) in [5.41, 5.74) is 0. The molecule has 0 saturated heterocycles. The topological polar surface area (TPSA) is 194 Å². The molecule has 8 heavy (non-hydrogen) atoms. The lowest BCUT2D eigenvalue weighted by Crippen LogP contribution is -1.81. The van der Waals surface area contributed by atoms with Gasteiger partial charge in [-0.05, 0) is 0 Å². The fourth-order valence-corrected chi connectivity index (χ4v) is 0. The first-order valence-electron chi connectivity index (χ1n) is 0.651. The van der Waals surface area contributed by atoms with Crippen LogP contribution in [-0.4, -0.2) is 21.8 Å². The van der Waals surface area contributed by atoms with Crippen LogP contribution in [0.3, 0.4) is 0 Å². The van der Waals surface area contributed by atoms with Gasteiger partial charge in [0.2, 0.25) is 0 Å². The summed E-state index contributed by atoms with van der Waals surface area (Å²) in [6.45, 7) is 0. The van der Waals surface area contributed by atoms with Crippen molar-refractivity contribution in [2.45, 2.75) is 0 Å². The third kappa shape index (κ3) is 109. The van der Waals surface area contributed by atoms with Crippen LogP contribution in [0.2, 0.25) is 0 Å². The maximum atomic E-state index is 8.56. The van der Waals surface area contributed by atoms with Crippen molar-refractivity contribution in [2.24, 2.45) is 0 Å². The van der Waals surface area contributed by atoms with E-state index in [4.69, 9.17) is 15.0 Å². The third-order valence-electron chi connectivity index (χ3n) is 0. The van der Waals surface area contributed by atoms with Crippen molar-refractivity contribution >= 4 is 6.16 Å². The van der Waals surface area contributed by atoms with E-state index >= 15 is 0 Å². The van der Waals surface area contributed by atoms with E-state index < -0.39 is 6.16 Å². The van der Waals surface area contributed by atoms with Crippen LogP contribution >= 0.6 is 0 Å². The van der Waals surface area contributed by atoms with E-state index in [-0.39, 0.29) is 23.9 Å². The summed E-state index contributed by atoms with van der Waals surface area (Å²) in [6.07, 6.45) is -1.83. The Balaban J connectivity index is -0.00000000750. The first-order chi connectivity index (χ1) is 1.73. The lowest BCUT2D eigenvalue weighted by Gasteiger charge is -1.60. The van der Waals surface area contributed by atoms with Crippen molar-refractivity contribution in [3.05, 3.63) is 0 Å². The molecule has 56 valence electrons. The van der Waals surface area contributed by atoms with Crippen molar-refractivity contribution in [1.29, 1.82) is 0 Å². The molecular formula is CH13N3O4. The Labute approximate surface area is 46.4 Å². The van der Waals surface area contributed by atoms with Gasteiger partial charge in [0, 0.05) is 0 Å². The van der Waals surface area contributed by atoms with Gasteiger partial charge in [-0.3, -0.25) is 0 Å². The molecule has 0 saturated carbocycles. The molecule has 0 fully saturated rings. The highest BCUT2D eigenvalue weighted by atomic mass is 16.6. The number of carboxylic acid groups (broad SMARTS) is 2. The maximum Gasteiger partial charge on any atom is 0.503 e. The smallest absolute Gasteiger partial charge is 0.450 e. The van der Waals surface area contributed by atoms with E-state index in [9.17, 15) is 0 Å². The zero-order valence-corrected chi connectivity index (χ0v) is 4.42. The molecule has 0 aliphatic carbocycles. The van der Waals surface area contributed by atoms with Crippen LogP contribution in [0.4, 0.5) is 4.79 Å². The van der Waals surface area contributed by atoms with Crippen LogP contribution in [0.25, 0.3) is 0 Å². The molecule has 0 unspecified atom stereocenters. The maximum absolute atomic E-state index is 8.56.